The fraction of sp³-hybridized carbons (Fsp3) is 0.800. The van der Waals surface area contributed by atoms with Gasteiger partial charge in [-0.1, -0.05) is 19.3 Å². The number of esters is 2. The molecule has 154 valence electrons. The quantitative estimate of drug-likeness (QED) is 0.556. The van der Waals surface area contributed by atoms with Crippen LogP contribution in [0.2, 0.25) is 0 Å². The van der Waals surface area contributed by atoms with Gasteiger partial charge in [0, 0.05) is 0 Å². The number of aliphatic carboxylic acids is 1. The molecule has 27 heavy (non-hydrogen) atoms. The molecule has 0 saturated heterocycles. The fourth-order valence-corrected chi connectivity index (χ4v) is 3.27. The molecule has 7 heteroatoms. The number of hydrogen-bond acceptors (Lipinski definition) is 6. The van der Waals surface area contributed by atoms with Crippen LogP contribution in [0.4, 0.5) is 0 Å². The summed E-state index contributed by atoms with van der Waals surface area (Å²) in [5.74, 6) is -2.93. The van der Waals surface area contributed by atoms with Crippen molar-refractivity contribution < 1.29 is 29.0 Å². The minimum Gasteiger partial charge on any atom is -0.479 e. The van der Waals surface area contributed by atoms with E-state index in [1.807, 2.05) is 0 Å². The van der Waals surface area contributed by atoms with Crippen molar-refractivity contribution in [3.05, 3.63) is 0 Å². The second kappa shape index (κ2) is 8.85. The first-order chi connectivity index (χ1) is 12.3. The molecule has 0 aliphatic heterocycles. The summed E-state index contributed by atoms with van der Waals surface area (Å²) in [6, 6.07) is 0. The van der Waals surface area contributed by atoms with E-state index in [4.69, 9.17) is 9.47 Å². The average Bonchev–Trinajstić information content (AvgIpc) is 2.48. The van der Waals surface area contributed by atoms with Gasteiger partial charge in [-0.3, -0.25) is 9.79 Å². The van der Waals surface area contributed by atoms with Crippen LogP contribution >= 0.6 is 0 Å². The summed E-state index contributed by atoms with van der Waals surface area (Å²) >= 11 is 0. The standard InChI is InChI=1S/C20H33NO6/c1-18(2,3)26-15(22)12-20(17(24)25,14-10-8-7-9-11-14)21-13-16(23)27-19(4,5)6/h13-14H,7-12H2,1-6H3,(H,24,25)/t20-/m1/s1. The van der Waals surface area contributed by atoms with Gasteiger partial charge in [-0.05, 0) is 60.3 Å². The summed E-state index contributed by atoms with van der Waals surface area (Å²) in [6.07, 6.45) is 4.53. The average molecular weight is 383 g/mol. The van der Waals surface area contributed by atoms with Crippen LogP contribution in [0.1, 0.15) is 80.1 Å². The highest BCUT2D eigenvalue weighted by Gasteiger charge is 2.48. The Morgan fingerprint density at radius 3 is 1.93 bits per heavy atom. The molecule has 0 unspecified atom stereocenters. The van der Waals surface area contributed by atoms with Gasteiger partial charge >= 0.3 is 17.9 Å². The first-order valence-corrected chi connectivity index (χ1v) is 9.49. The highest BCUT2D eigenvalue weighted by atomic mass is 16.6. The Morgan fingerprint density at radius 1 is 0.963 bits per heavy atom. The number of carbonyl (C=O) groups is 3. The first-order valence-electron chi connectivity index (χ1n) is 9.49. The Balaban J connectivity index is 3.17. The number of rotatable bonds is 6. The van der Waals surface area contributed by atoms with Gasteiger partial charge in [0.1, 0.15) is 17.4 Å². The third kappa shape index (κ3) is 7.69. The van der Waals surface area contributed by atoms with Crippen LogP contribution in [-0.2, 0) is 23.9 Å². The molecule has 0 aromatic rings. The van der Waals surface area contributed by atoms with Crippen molar-refractivity contribution in [2.75, 3.05) is 0 Å². The van der Waals surface area contributed by atoms with Gasteiger partial charge in [-0.2, -0.15) is 0 Å². The van der Waals surface area contributed by atoms with Gasteiger partial charge in [0.2, 0.25) is 0 Å². The maximum atomic E-state index is 12.4. The molecule has 1 atom stereocenters. The van der Waals surface area contributed by atoms with E-state index in [1.165, 1.54) is 0 Å². The smallest absolute Gasteiger partial charge is 0.349 e. The van der Waals surface area contributed by atoms with E-state index in [9.17, 15) is 19.5 Å². The molecule has 0 spiro atoms. The molecule has 1 saturated carbocycles. The minimum absolute atomic E-state index is 0.338. The van der Waals surface area contributed by atoms with Gasteiger partial charge in [0.05, 0.1) is 6.42 Å². The largest absolute Gasteiger partial charge is 0.479 e. The van der Waals surface area contributed by atoms with Crippen LogP contribution in [0.25, 0.3) is 0 Å². The van der Waals surface area contributed by atoms with Crippen molar-refractivity contribution in [1.82, 2.24) is 0 Å². The van der Waals surface area contributed by atoms with E-state index in [2.05, 4.69) is 4.99 Å². The highest BCUT2D eigenvalue weighted by molar-refractivity contribution is 6.23. The molecule has 0 aromatic carbocycles. The Bertz CT molecular complexity index is 578. The summed E-state index contributed by atoms with van der Waals surface area (Å²) in [4.78, 5) is 40.8. The van der Waals surface area contributed by atoms with Crippen LogP contribution in [-0.4, -0.2) is 46.0 Å². The van der Waals surface area contributed by atoms with Crippen molar-refractivity contribution in [1.29, 1.82) is 0 Å². The van der Waals surface area contributed by atoms with Gasteiger partial charge in [0.25, 0.3) is 0 Å². The summed E-state index contributed by atoms with van der Waals surface area (Å²) in [7, 11) is 0. The zero-order valence-electron chi connectivity index (χ0n) is 17.3. The number of aliphatic imine (C=N–C) groups is 1. The van der Waals surface area contributed by atoms with E-state index >= 15 is 0 Å². The van der Waals surface area contributed by atoms with Gasteiger partial charge in [0.15, 0.2) is 5.54 Å². The Kier molecular flexibility index (Phi) is 7.57. The van der Waals surface area contributed by atoms with E-state index < -0.39 is 41.1 Å². The van der Waals surface area contributed by atoms with E-state index in [-0.39, 0.29) is 5.92 Å². The van der Waals surface area contributed by atoms with E-state index in [0.717, 1.165) is 25.5 Å². The lowest BCUT2D eigenvalue weighted by atomic mass is 9.73. The van der Waals surface area contributed by atoms with Crippen LogP contribution in [0.3, 0.4) is 0 Å². The monoisotopic (exact) mass is 383 g/mol. The molecule has 1 fully saturated rings. The number of carboxylic acid groups (broad SMARTS) is 1. The predicted octanol–water partition coefficient (Wildman–Crippen LogP) is 3.53. The Hall–Kier alpha value is -1.92. The second-order valence-electron chi connectivity index (χ2n) is 9.12. The number of ether oxygens (including phenoxy) is 2. The molecule has 1 aliphatic carbocycles. The van der Waals surface area contributed by atoms with Crippen molar-refractivity contribution >= 4 is 24.1 Å². The lowest BCUT2D eigenvalue weighted by Gasteiger charge is -2.36. The third-order valence-corrected chi connectivity index (χ3v) is 4.29. The van der Waals surface area contributed by atoms with Gasteiger partial charge < -0.3 is 14.6 Å². The first kappa shape index (κ1) is 23.1. The van der Waals surface area contributed by atoms with Crippen molar-refractivity contribution in [2.24, 2.45) is 10.9 Å². The summed E-state index contributed by atoms with van der Waals surface area (Å²) in [5.41, 5.74) is -3.17. The molecular formula is C20H33NO6. The van der Waals surface area contributed by atoms with Crippen LogP contribution < -0.4 is 0 Å². The number of carbonyl (C=O) groups excluding carboxylic acids is 2. The SMILES string of the molecule is CC(C)(C)OC(=O)C=N[C@@](CC(=O)OC(C)(C)C)(C(=O)O)C1CCCCC1. The molecule has 0 heterocycles. The number of nitrogens with zero attached hydrogens (tertiary/aromatic N) is 1. The maximum Gasteiger partial charge on any atom is 0.349 e. The summed E-state index contributed by atoms with van der Waals surface area (Å²) < 4.78 is 10.5. The maximum absolute atomic E-state index is 12.4. The molecule has 0 amide bonds. The lowest BCUT2D eigenvalue weighted by Crippen LogP contribution is -2.48. The zero-order valence-corrected chi connectivity index (χ0v) is 17.3. The summed E-state index contributed by atoms with van der Waals surface area (Å²) in [5, 5.41) is 10.00. The summed E-state index contributed by atoms with van der Waals surface area (Å²) in [6.45, 7) is 10.3. The minimum atomic E-state index is -1.72. The van der Waals surface area contributed by atoms with Gasteiger partial charge in [-0.15, -0.1) is 0 Å². The molecule has 1 aliphatic rings. The van der Waals surface area contributed by atoms with Crippen molar-refractivity contribution in [3.63, 3.8) is 0 Å². The zero-order chi connectivity index (χ0) is 20.9. The fourth-order valence-electron chi connectivity index (χ4n) is 3.27. The Morgan fingerprint density at radius 2 is 1.48 bits per heavy atom. The second-order valence-corrected chi connectivity index (χ2v) is 9.12. The van der Waals surface area contributed by atoms with Crippen molar-refractivity contribution in [3.8, 4) is 0 Å². The third-order valence-electron chi connectivity index (χ3n) is 4.29. The molecule has 0 aromatic heterocycles. The molecule has 1 rings (SSSR count). The Labute approximate surface area is 161 Å². The highest BCUT2D eigenvalue weighted by Crippen LogP contribution is 2.38. The van der Waals surface area contributed by atoms with E-state index in [0.29, 0.717) is 12.8 Å². The van der Waals surface area contributed by atoms with Crippen LogP contribution in [0.5, 0.6) is 0 Å². The number of carboxylic acids is 1. The van der Waals surface area contributed by atoms with Crippen LogP contribution in [0, 0.1) is 5.92 Å². The predicted molar refractivity (Wildman–Crippen MR) is 102 cm³/mol. The molecule has 7 nitrogen and oxygen atoms in total. The topological polar surface area (TPSA) is 102 Å². The molecule has 0 bridgehead atoms. The molecule has 0 radical (unpaired) electrons. The van der Waals surface area contributed by atoms with Crippen molar-refractivity contribution in [2.45, 2.75) is 96.8 Å². The van der Waals surface area contributed by atoms with E-state index in [1.54, 1.807) is 41.5 Å². The van der Waals surface area contributed by atoms with Gasteiger partial charge in [-0.25, -0.2) is 9.59 Å². The molecular weight excluding hydrogens is 350 g/mol. The van der Waals surface area contributed by atoms with Crippen LogP contribution in [0.15, 0.2) is 4.99 Å². The lowest BCUT2D eigenvalue weighted by molar-refractivity contribution is -0.162. The number of hydrogen-bond donors (Lipinski definition) is 1. The molecule has 1 N–H and O–H groups in total. The normalized spacial score (nSPS) is 18.7.